The quantitative estimate of drug-likeness (QED) is 0.446. The molecule has 0 aromatic heterocycles. The fourth-order valence-electron chi connectivity index (χ4n) is 3.40. The van der Waals surface area contributed by atoms with E-state index in [4.69, 9.17) is 27.9 Å². The zero-order chi connectivity index (χ0) is 20.1. The van der Waals surface area contributed by atoms with Crippen LogP contribution in [0.5, 0.6) is 0 Å². The Labute approximate surface area is 184 Å². The second-order valence-corrected chi connectivity index (χ2v) is 9.09. The number of hydrogen-bond donors (Lipinski definition) is 2. The van der Waals surface area contributed by atoms with Crippen LogP contribution in [-0.4, -0.2) is 25.3 Å². The second-order valence-electron chi connectivity index (χ2n) is 8.27. The zero-order valence-electron chi connectivity index (χ0n) is 16.9. The van der Waals surface area contributed by atoms with E-state index < -0.39 is 0 Å². The van der Waals surface area contributed by atoms with Crippen LogP contribution in [0, 0.1) is 0 Å². The van der Waals surface area contributed by atoms with Gasteiger partial charge in [-0.15, -0.1) is 0 Å². The van der Waals surface area contributed by atoms with Crippen LogP contribution < -0.4 is 10.6 Å². The average molecular weight is 433 g/mol. The van der Waals surface area contributed by atoms with Crippen LogP contribution in [0.2, 0.25) is 10.0 Å². The lowest BCUT2D eigenvalue weighted by Crippen LogP contribution is -2.16. The van der Waals surface area contributed by atoms with Crippen LogP contribution in [0.4, 0.5) is 0 Å². The highest BCUT2D eigenvalue weighted by molar-refractivity contribution is 6.31. The predicted molar refractivity (Wildman–Crippen MR) is 121 cm³/mol. The number of nitrogens with one attached hydrogen (secondary N) is 2. The molecule has 0 saturated heterocycles. The van der Waals surface area contributed by atoms with E-state index in [1.807, 2.05) is 12.1 Å². The Morgan fingerprint density at radius 1 is 0.724 bits per heavy atom. The highest BCUT2D eigenvalue weighted by Gasteiger charge is 2.21. The molecule has 2 fully saturated rings. The maximum atomic E-state index is 6.33. The van der Waals surface area contributed by atoms with Crippen LogP contribution in [0.3, 0.4) is 0 Å². The summed E-state index contributed by atoms with van der Waals surface area (Å²) in [5, 5.41) is 8.76. The van der Waals surface area contributed by atoms with Gasteiger partial charge in [0.25, 0.3) is 0 Å². The van der Waals surface area contributed by atoms with Crippen LogP contribution in [0.1, 0.15) is 47.9 Å². The minimum Gasteiger partial charge on any atom is -0.381 e. The highest BCUT2D eigenvalue weighted by atomic mass is 35.5. The number of benzene rings is 2. The Kier molecular flexibility index (Phi) is 7.49. The van der Waals surface area contributed by atoms with Crippen molar-refractivity contribution in [3.05, 3.63) is 68.7 Å². The van der Waals surface area contributed by atoms with E-state index in [-0.39, 0.29) is 0 Å². The van der Waals surface area contributed by atoms with Crippen molar-refractivity contribution in [2.45, 2.75) is 63.7 Å². The van der Waals surface area contributed by atoms with Crippen molar-refractivity contribution in [3.8, 4) is 0 Å². The highest BCUT2D eigenvalue weighted by Crippen LogP contribution is 2.23. The van der Waals surface area contributed by atoms with Gasteiger partial charge in [-0.1, -0.05) is 47.5 Å². The summed E-state index contributed by atoms with van der Waals surface area (Å²) in [5.74, 6) is 0. The molecule has 4 rings (SSSR count). The maximum Gasteiger partial charge on any atom is 0.0506 e. The van der Waals surface area contributed by atoms with E-state index in [0.29, 0.717) is 12.1 Å². The first-order valence-corrected chi connectivity index (χ1v) is 11.5. The van der Waals surface area contributed by atoms with Gasteiger partial charge in [-0.2, -0.15) is 0 Å². The summed E-state index contributed by atoms with van der Waals surface area (Å²) in [6, 6.07) is 14.0. The lowest BCUT2D eigenvalue weighted by Gasteiger charge is -2.10. The maximum absolute atomic E-state index is 6.33. The average Bonchev–Trinajstić information content (AvgIpc) is 3.62. The van der Waals surface area contributed by atoms with Gasteiger partial charge in [0.05, 0.1) is 13.2 Å². The molecule has 0 bridgehead atoms. The molecule has 5 heteroatoms. The topological polar surface area (TPSA) is 33.3 Å². The van der Waals surface area contributed by atoms with Crippen LogP contribution in [-0.2, 0) is 30.7 Å². The van der Waals surface area contributed by atoms with E-state index in [1.54, 1.807) is 0 Å². The molecule has 29 heavy (non-hydrogen) atoms. The Hall–Kier alpha value is -1.10. The van der Waals surface area contributed by atoms with E-state index in [1.165, 1.54) is 47.9 Å². The molecule has 0 amide bonds. The standard InChI is InChI=1S/C24H30Cl2N2O/c25-23-7-1-17(13-19(23)15-27-21-3-4-21)9-11-29-12-10-18-2-8-24(26)20(14-18)16-28-22-5-6-22/h1-2,7-8,13-14,21-22,27-28H,3-6,9-12,15-16H2. The zero-order valence-corrected chi connectivity index (χ0v) is 18.4. The molecule has 156 valence electrons. The number of rotatable bonds is 12. The SMILES string of the molecule is Clc1ccc(CCOCCc2ccc(Cl)c(CNC3CC3)c2)cc1CNC1CC1. The lowest BCUT2D eigenvalue weighted by molar-refractivity contribution is 0.140. The third-order valence-corrected chi connectivity index (χ3v) is 6.34. The van der Waals surface area contributed by atoms with Gasteiger partial charge in [0.2, 0.25) is 0 Å². The third-order valence-electron chi connectivity index (χ3n) is 5.61. The molecule has 0 radical (unpaired) electrons. The molecular formula is C24H30Cl2N2O. The molecular weight excluding hydrogens is 403 g/mol. The first-order chi connectivity index (χ1) is 14.2. The van der Waals surface area contributed by atoms with Crippen molar-refractivity contribution < 1.29 is 4.74 Å². The van der Waals surface area contributed by atoms with E-state index in [9.17, 15) is 0 Å². The molecule has 0 heterocycles. The van der Waals surface area contributed by atoms with Crippen LogP contribution in [0.15, 0.2) is 36.4 Å². The Morgan fingerprint density at radius 2 is 1.17 bits per heavy atom. The molecule has 0 atom stereocenters. The fraction of sp³-hybridized carbons (Fsp3) is 0.500. The van der Waals surface area contributed by atoms with Gasteiger partial charge in [0.1, 0.15) is 0 Å². The van der Waals surface area contributed by atoms with Gasteiger partial charge in [-0.25, -0.2) is 0 Å². The van der Waals surface area contributed by atoms with Crippen molar-refractivity contribution in [2.75, 3.05) is 13.2 Å². The minimum atomic E-state index is 0.691. The molecule has 0 spiro atoms. The summed E-state index contributed by atoms with van der Waals surface area (Å²) in [5.41, 5.74) is 4.93. The normalized spacial score (nSPS) is 16.3. The smallest absolute Gasteiger partial charge is 0.0506 e. The molecule has 0 aliphatic heterocycles. The summed E-state index contributed by atoms with van der Waals surface area (Å²) in [6.45, 7) is 3.15. The van der Waals surface area contributed by atoms with Gasteiger partial charge >= 0.3 is 0 Å². The van der Waals surface area contributed by atoms with E-state index in [0.717, 1.165) is 49.2 Å². The largest absolute Gasteiger partial charge is 0.381 e. The Morgan fingerprint density at radius 3 is 1.59 bits per heavy atom. The molecule has 2 aliphatic rings. The van der Waals surface area contributed by atoms with Crippen LogP contribution in [0.25, 0.3) is 0 Å². The monoisotopic (exact) mass is 432 g/mol. The molecule has 0 unspecified atom stereocenters. The number of hydrogen-bond acceptors (Lipinski definition) is 3. The number of halogens is 2. The molecule has 2 aromatic carbocycles. The van der Waals surface area contributed by atoms with Crippen LogP contribution >= 0.6 is 23.2 Å². The molecule has 2 saturated carbocycles. The molecule has 2 aliphatic carbocycles. The van der Waals surface area contributed by atoms with Crippen molar-refractivity contribution in [3.63, 3.8) is 0 Å². The van der Waals surface area contributed by atoms with E-state index in [2.05, 4.69) is 34.9 Å². The van der Waals surface area contributed by atoms with Crippen molar-refractivity contribution >= 4 is 23.2 Å². The lowest BCUT2D eigenvalue weighted by atomic mass is 10.1. The van der Waals surface area contributed by atoms with Gasteiger partial charge in [-0.05, 0) is 72.9 Å². The first kappa shape index (κ1) is 21.1. The van der Waals surface area contributed by atoms with Crippen molar-refractivity contribution in [2.24, 2.45) is 0 Å². The predicted octanol–water partition coefficient (Wildman–Crippen LogP) is 5.30. The van der Waals surface area contributed by atoms with Crippen molar-refractivity contribution in [1.29, 1.82) is 0 Å². The Bertz CT molecular complexity index is 751. The second kappa shape index (κ2) is 10.3. The summed E-state index contributed by atoms with van der Waals surface area (Å²) in [4.78, 5) is 0. The molecule has 2 N–H and O–H groups in total. The minimum absolute atomic E-state index is 0.691. The fourth-order valence-corrected chi connectivity index (χ4v) is 3.77. The Balaban J connectivity index is 1.18. The summed E-state index contributed by atoms with van der Waals surface area (Å²) < 4.78 is 5.90. The van der Waals surface area contributed by atoms with E-state index >= 15 is 0 Å². The van der Waals surface area contributed by atoms with Gasteiger partial charge < -0.3 is 15.4 Å². The van der Waals surface area contributed by atoms with Crippen molar-refractivity contribution in [1.82, 2.24) is 10.6 Å². The van der Waals surface area contributed by atoms with Gasteiger partial charge in [0, 0.05) is 35.2 Å². The summed E-state index contributed by atoms with van der Waals surface area (Å²) in [7, 11) is 0. The summed E-state index contributed by atoms with van der Waals surface area (Å²) >= 11 is 12.7. The molecule has 3 nitrogen and oxygen atoms in total. The van der Waals surface area contributed by atoms with Gasteiger partial charge in [0.15, 0.2) is 0 Å². The molecule has 2 aromatic rings. The third kappa shape index (κ3) is 6.97. The first-order valence-electron chi connectivity index (χ1n) is 10.8. The number of ether oxygens (including phenoxy) is 1. The van der Waals surface area contributed by atoms with Gasteiger partial charge in [-0.3, -0.25) is 0 Å². The summed E-state index contributed by atoms with van der Waals surface area (Å²) in [6.07, 6.45) is 6.97.